The number of hydrogen-bond donors (Lipinski definition) is 2. The molecule has 1 aliphatic rings. The summed E-state index contributed by atoms with van der Waals surface area (Å²) in [5, 5.41) is 5.67. The first kappa shape index (κ1) is 23.2. The van der Waals surface area contributed by atoms with E-state index in [-0.39, 0.29) is 11.4 Å². The van der Waals surface area contributed by atoms with E-state index in [1.807, 2.05) is 30.3 Å². The van der Waals surface area contributed by atoms with Crippen molar-refractivity contribution in [2.45, 2.75) is 11.4 Å². The van der Waals surface area contributed by atoms with E-state index in [4.69, 9.17) is 11.6 Å². The molecule has 0 spiro atoms. The van der Waals surface area contributed by atoms with Gasteiger partial charge in [-0.25, -0.2) is 8.42 Å². The van der Waals surface area contributed by atoms with Crippen LogP contribution in [0.3, 0.4) is 0 Å². The number of amides is 2. The van der Waals surface area contributed by atoms with Gasteiger partial charge in [0.25, 0.3) is 0 Å². The van der Waals surface area contributed by atoms with Crippen LogP contribution in [0.1, 0.15) is 5.56 Å². The molecular weight excluding hydrogens is 440 g/mol. The van der Waals surface area contributed by atoms with Gasteiger partial charge in [-0.05, 0) is 29.8 Å². The second kappa shape index (κ2) is 10.7. The van der Waals surface area contributed by atoms with E-state index in [9.17, 15) is 18.0 Å². The Labute approximate surface area is 187 Å². The van der Waals surface area contributed by atoms with Crippen molar-refractivity contribution < 1.29 is 18.0 Å². The summed E-state index contributed by atoms with van der Waals surface area (Å²) in [6.45, 7) is 2.93. The van der Waals surface area contributed by atoms with Crippen molar-refractivity contribution in [3.8, 4) is 0 Å². The van der Waals surface area contributed by atoms with Crippen LogP contribution in [0.25, 0.3) is 0 Å². The Kier molecular flexibility index (Phi) is 8.03. The van der Waals surface area contributed by atoms with Crippen LogP contribution in [-0.4, -0.2) is 68.7 Å². The first-order valence-electron chi connectivity index (χ1n) is 9.94. The van der Waals surface area contributed by atoms with Crippen LogP contribution in [0.15, 0.2) is 59.5 Å². The second-order valence-electron chi connectivity index (χ2n) is 7.12. The lowest BCUT2D eigenvalue weighted by Crippen LogP contribution is -2.50. The van der Waals surface area contributed by atoms with E-state index in [1.165, 1.54) is 16.4 Å². The van der Waals surface area contributed by atoms with Gasteiger partial charge in [0.2, 0.25) is 10.0 Å². The number of carbonyl (C=O) groups excluding carboxylic acids is 2. The molecule has 2 N–H and O–H groups in total. The van der Waals surface area contributed by atoms with Crippen molar-refractivity contribution in [1.82, 2.24) is 19.8 Å². The van der Waals surface area contributed by atoms with E-state index in [0.717, 1.165) is 5.56 Å². The molecule has 8 nitrogen and oxygen atoms in total. The topological polar surface area (TPSA) is 98.8 Å². The maximum atomic E-state index is 12.7. The van der Waals surface area contributed by atoms with E-state index in [1.54, 1.807) is 12.1 Å². The summed E-state index contributed by atoms with van der Waals surface area (Å²) >= 11 is 5.83. The molecular formula is C21H25ClN4O4S. The highest BCUT2D eigenvalue weighted by Gasteiger charge is 2.28. The van der Waals surface area contributed by atoms with Crippen LogP contribution < -0.4 is 10.6 Å². The third-order valence-electron chi connectivity index (χ3n) is 5.00. The Bertz CT molecular complexity index is 992. The number of sulfonamides is 1. The average Bonchev–Trinajstić information content (AvgIpc) is 2.78. The first-order valence-corrected chi connectivity index (χ1v) is 11.8. The maximum Gasteiger partial charge on any atom is 0.309 e. The zero-order valence-electron chi connectivity index (χ0n) is 17.0. The molecule has 2 amide bonds. The minimum Gasteiger partial charge on any atom is -0.347 e. The zero-order chi connectivity index (χ0) is 22.3. The molecule has 1 fully saturated rings. The fourth-order valence-corrected chi connectivity index (χ4v) is 4.76. The highest BCUT2D eigenvalue weighted by atomic mass is 35.5. The normalized spacial score (nSPS) is 15.4. The Morgan fingerprint density at radius 1 is 0.871 bits per heavy atom. The van der Waals surface area contributed by atoms with Gasteiger partial charge in [0, 0.05) is 50.8 Å². The van der Waals surface area contributed by atoms with Crippen LogP contribution in [-0.2, 0) is 26.2 Å². The van der Waals surface area contributed by atoms with Crippen LogP contribution in [0, 0.1) is 0 Å². The lowest BCUT2D eigenvalue weighted by molar-refractivity contribution is -0.139. The number of hydrogen-bond acceptors (Lipinski definition) is 5. The molecule has 2 aromatic carbocycles. The number of nitrogens with one attached hydrogen (secondary N) is 2. The molecule has 166 valence electrons. The van der Waals surface area contributed by atoms with Crippen LogP contribution >= 0.6 is 11.6 Å². The van der Waals surface area contributed by atoms with Gasteiger partial charge in [0.15, 0.2) is 0 Å². The minimum atomic E-state index is -3.55. The first-order chi connectivity index (χ1) is 14.9. The van der Waals surface area contributed by atoms with Crippen LogP contribution in [0.4, 0.5) is 0 Å². The number of piperazine rings is 1. The number of benzene rings is 2. The molecule has 1 aliphatic heterocycles. The molecule has 0 bridgehead atoms. The minimum absolute atomic E-state index is 0.221. The molecule has 2 aromatic rings. The maximum absolute atomic E-state index is 12.7. The largest absolute Gasteiger partial charge is 0.347 e. The molecule has 0 saturated carbocycles. The standard InChI is InChI=1S/C21H25ClN4O4S/c22-18-6-8-19(9-7-18)31(29,30)26-14-12-25(13-15-26)11-10-23-20(27)21(28)24-16-17-4-2-1-3-5-17/h1-9H,10-16H2,(H,23,27)(H,24,28). The SMILES string of the molecule is O=C(NCCN1CCN(S(=O)(=O)c2ccc(Cl)cc2)CC1)C(=O)NCc1ccccc1. The van der Waals surface area contributed by atoms with Crippen LogP contribution in [0.2, 0.25) is 5.02 Å². The molecule has 3 rings (SSSR count). The molecule has 1 saturated heterocycles. The number of carbonyl (C=O) groups is 2. The Morgan fingerprint density at radius 2 is 1.48 bits per heavy atom. The van der Waals surface area contributed by atoms with Gasteiger partial charge in [-0.2, -0.15) is 4.31 Å². The summed E-state index contributed by atoms with van der Waals surface area (Å²) in [5.74, 6) is -1.36. The molecule has 1 heterocycles. The Morgan fingerprint density at radius 3 is 2.13 bits per heavy atom. The van der Waals surface area contributed by atoms with Gasteiger partial charge in [-0.1, -0.05) is 41.9 Å². The van der Waals surface area contributed by atoms with E-state index in [2.05, 4.69) is 15.5 Å². The van der Waals surface area contributed by atoms with Gasteiger partial charge in [0.1, 0.15) is 0 Å². The number of rotatable bonds is 7. The molecule has 0 unspecified atom stereocenters. The van der Waals surface area contributed by atoms with Gasteiger partial charge < -0.3 is 10.6 Å². The molecule has 31 heavy (non-hydrogen) atoms. The molecule has 0 aliphatic carbocycles. The average molecular weight is 465 g/mol. The predicted molar refractivity (Wildman–Crippen MR) is 118 cm³/mol. The summed E-state index contributed by atoms with van der Waals surface area (Å²) in [4.78, 5) is 26.1. The van der Waals surface area contributed by atoms with Gasteiger partial charge >= 0.3 is 11.8 Å². The highest BCUT2D eigenvalue weighted by molar-refractivity contribution is 7.89. The molecule has 10 heteroatoms. The van der Waals surface area contributed by atoms with E-state index < -0.39 is 21.8 Å². The Hall–Kier alpha value is -2.46. The fourth-order valence-electron chi connectivity index (χ4n) is 3.22. The quantitative estimate of drug-likeness (QED) is 0.597. The highest BCUT2D eigenvalue weighted by Crippen LogP contribution is 2.19. The lowest BCUT2D eigenvalue weighted by Gasteiger charge is -2.33. The number of halogens is 1. The van der Waals surface area contributed by atoms with Crippen molar-refractivity contribution in [3.05, 3.63) is 65.2 Å². The van der Waals surface area contributed by atoms with Crippen molar-refractivity contribution in [2.75, 3.05) is 39.3 Å². The monoisotopic (exact) mass is 464 g/mol. The summed E-state index contributed by atoms with van der Waals surface area (Å²) in [6.07, 6.45) is 0. The van der Waals surface area contributed by atoms with Crippen molar-refractivity contribution in [3.63, 3.8) is 0 Å². The van der Waals surface area contributed by atoms with Crippen LogP contribution in [0.5, 0.6) is 0 Å². The van der Waals surface area contributed by atoms with Gasteiger partial charge in [-0.15, -0.1) is 0 Å². The predicted octanol–water partition coefficient (Wildman–Crippen LogP) is 1.08. The van der Waals surface area contributed by atoms with Crippen molar-refractivity contribution in [1.29, 1.82) is 0 Å². The molecule has 0 radical (unpaired) electrons. The lowest BCUT2D eigenvalue weighted by atomic mass is 10.2. The third-order valence-corrected chi connectivity index (χ3v) is 7.16. The van der Waals surface area contributed by atoms with Gasteiger partial charge in [0.05, 0.1) is 4.90 Å². The molecule has 0 atom stereocenters. The van der Waals surface area contributed by atoms with Gasteiger partial charge in [-0.3, -0.25) is 14.5 Å². The smallest absolute Gasteiger partial charge is 0.309 e. The fraction of sp³-hybridized carbons (Fsp3) is 0.333. The number of nitrogens with zero attached hydrogens (tertiary/aromatic N) is 2. The van der Waals surface area contributed by atoms with E-state index >= 15 is 0 Å². The summed E-state index contributed by atoms with van der Waals surface area (Å²) < 4.78 is 26.9. The second-order valence-corrected chi connectivity index (χ2v) is 9.50. The Balaban J connectivity index is 1.37. The summed E-state index contributed by atoms with van der Waals surface area (Å²) in [6, 6.07) is 15.5. The zero-order valence-corrected chi connectivity index (χ0v) is 18.5. The summed E-state index contributed by atoms with van der Waals surface area (Å²) in [7, 11) is -3.55. The van der Waals surface area contributed by atoms with Crippen molar-refractivity contribution in [2.24, 2.45) is 0 Å². The third kappa shape index (κ3) is 6.51. The summed E-state index contributed by atoms with van der Waals surface area (Å²) in [5.41, 5.74) is 0.912. The molecule has 0 aromatic heterocycles. The van der Waals surface area contributed by atoms with Crippen molar-refractivity contribution >= 4 is 33.4 Å². The van der Waals surface area contributed by atoms with E-state index in [0.29, 0.717) is 44.3 Å².